The molecule has 2 aromatic carbocycles. The molecular formula is C23H28ClN3O. The molecule has 1 heterocycles. The summed E-state index contributed by atoms with van der Waals surface area (Å²) in [5, 5.41) is 4.76. The van der Waals surface area contributed by atoms with Gasteiger partial charge in [-0.05, 0) is 56.4 Å². The maximum Gasteiger partial charge on any atom is 0.244 e. The van der Waals surface area contributed by atoms with Crippen LogP contribution < -0.4 is 10.3 Å². The molecule has 5 heteroatoms. The van der Waals surface area contributed by atoms with E-state index in [0.29, 0.717) is 17.4 Å². The minimum atomic E-state index is -0.149. The zero-order chi connectivity index (χ0) is 20.3. The molecule has 1 aliphatic heterocycles. The van der Waals surface area contributed by atoms with Crippen LogP contribution in [0.4, 0.5) is 5.69 Å². The second-order valence-corrected chi connectivity index (χ2v) is 8.46. The summed E-state index contributed by atoms with van der Waals surface area (Å²) in [7, 11) is 0. The summed E-state index contributed by atoms with van der Waals surface area (Å²) >= 11 is 6.54. The van der Waals surface area contributed by atoms with Crippen LogP contribution in [0.25, 0.3) is 0 Å². The monoisotopic (exact) mass is 397 g/mol. The lowest BCUT2D eigenvalue weighted by Gasteiger charge is -2.47. The third-order valence-electron chi connectivity index (χ3n) is 5.42. The summed E-state index contributed by atoms with van der Waals surface area (Å²) in [5.74, 6) is 0.286. The minimum absolute atomic E-state index is 0.103. The Morgan fingerprint density at radius 3 is 2.71 bits per heavy atom. The molecular weight excluding hydrogens is 370 g/mol. The lowest BCUT2D eigenvalue weighted by Crippen LogP contribution is -2.48. The van der Waals surface area contributed by atoms with Gasteiger partial charge in [0, 0.05) is 23.3 Å². The molecule has 0 fully saturated rings. The van der Waals surface area contributed by atoms with Crippen molar-refractivity contribution in [1.82, 2.24) is 5.43 Å². The predicted octanol–water partition coefficient (Wildman–Crippen LogP) is 5.14. The van der Waals surface area contributed by atoms with Crippen LogP contribution in [0, 0.1) is 0 Å². The van der Waals surface area contributed by atoms with Gasteiger partial charge in [0.15, 0.2) is 0 Å². The number of nitrogens with zero attached hydrogens (tertiary/aromatic N) is 2. The molecule has 0 saturated heterocycles. The largest absolute Gasteiger partial charge is 0.366 e. The number of halogens is 1. The van der Waals surface area contributed by atoms with Gasteiger partial charge >= 0.3 is 0 Å². The molecule has 1 atom stereocenters. The van der Waals surface area contributed by atoms with E-state index in [9.17, 15) is 4.79 Å². The molecule has 2 aromatic rings. The van der Waals surface area contributed by atoms with Crippen LogP contribution in [0.15, 0.2) is 47.6 Å². The number of fused-ring (bicyclic) bond motifs is 1. The number of benzene rings is 2. The molecule has 0 radical (unpaired) electrons. The van der Waals surface area contributed by atoms with E-state index in [2.05, 4.69) is 49.2 Å². The number of hydrogen-bond acceptors (Lipinski definition) is 3. The molecule has 1 amide bonds. The summed E-state index contributed by atoms with van der Waals surface area (Å²) in [6.07, 6.45) is 3.02. The number of carbonyl (C=O) groups excluding carboxylic acids is 1. The maximum atomic E-state index is 12.1. The molecule has 0 aromatic heterocycles. The standard InChI is InChI=1S/C23H28ClN3O/c1-5-27-21-13-20(24)18(12-19(21)16(2)14-23(27,3)4)15-25-26-22(28)11-17-9-7-6-8-10-17/h6-10,12-13,15-16H,5,11,14H2,1-4H3,(H,26,28)/b25-15-. The van der Waals surface area contributed by atoms with Crippen molar-refractivity contribution in [3.8, 4) is 0 Å². The average molecular weight is 398 g/mol. The van der Waals surface area contributed by atoms with Gasteiger partial charge in [-0.1, -0.05) is 48.9 Å². The zero-order valence-electron chi connectivity index (χ0n) is 17.0. The van der Waals surface area contributed by atoms with Crippen LogP contribution in [0.2, 0.25) is 5.02 Å². The second kappa shape index (κ2) is 8.36. The van der Waals surface area contributed by atoms with Gasteiger partial charge in [-0.2, -0.15) is 5.10 Å². The Labute approximate surface area is 172 Å². The van der Waals surface area contributed by atoms with Gasteiger partial charge in [-0.15, -0.1) is 0 Å². The van der Waals surface area contributed by atoms with Crippen molar-refractivity contribution >= 4 is 29.4 Å². The van der Waals surface area contributed by atoms with E-state index in [4.69, 9.17) is 11.6 Å². The number of anilines is 1. The molecule has 1 N–H and O–H groups in total. The molecule has 148 valence electrons. The highest BCUT2D eigenvalue weighted by atomic mass is 35.5. The Bertz CT molecular complexity index is 877. The number of hydrogen-bond donors (Lipinski definition) is 1. The molecule has 0 spiro atoms. The Hall–Kier alpha value is -2.33. The first-order valence-electron chi connectivity index (χ1n) is 9.78. The second-order valence-electron chi connectivity index (χ2n) is 8.05. The zero-order valence-corrected chi connectivity index (χ0v) is 17.8. The highest BCUT2D eigenvalue weighted by Crippen LogP contribution is 2.44. The van der Waals surface area contributed by atoms with Crippen molar-refractivity contribution in [2.24, 2.45) is 5.10 Å². The first kappa shape index (κ1) is 20.4. The molecule has 3 rings (SSSR count). The quantitative estimate of drug-likeness (QED) is 0.560. The highest BCUT2D eigenvalue weighted by molar-refractivity contribution is 6.33. The van der Waals surface area contributed by atoms with E-state index in [1.165, 1.54) is 11.3 Å². The van der Waals surface area contributed by atoms with Crippen molar-refractivity contribution in [2.45, 2.75) is 52.0 Å². The Morgan fingerprint density at radius 1 is 1.32 bits per heavy atom. The van der Waals surface area contributed by atoms with Crippen LogP contribution >= 0.6 is 11.6 Å². The molecule has 1 aliphatic rings. The Morgan fingerprint density at radius 2 is 2.04 bits per heavy atom. The van der Waals surface area contributed by atoms with E-state index < -0.39 is 0 Å². The van der Waals surface area contributed by atoms with Crippen LogP contribution in [-0.4, -0.2) is 24.2 Å². The lowest BCUT2D eigenvalue weighted by atomic mass is 9.79. The normalized spacial score (nSPS) is 18.2. The summed E-state index contributed by atoms with van der Waals surface area (Å²) in [6.45, 7) is 9.92. The SMILES string of the molecule is CCN1c2cc(Cl)c(/C=N\NC(=O)Cc3ccccc3)cc2C(C)CC1(C)C. The number of carbonyl (C=O) groups is 1. The molecule has 28 heavy (non-hydrogen) atoms. The van der Waals surface area contributed by atoms with Crippen LogP contribution in [0.1, 0.15) is 56.7 Å². The van der Waals surface area contributed by atoms with Crippen molar-refractivity contribution in [3.63, 3.8) is 0 Å². The Kier molecular flexibility index (Phi) is 6.09. The summed E-state index contributed by atoms with van der Waals surface area (Å²) in [6, 6.07) is 13.7. The fraction of sp³-hybridized carbons (Fsp3) is 0.391. The van der Waals surface area contributed by atoms with Gasteiger partial charge in [0.2, 0.25) is 5.91 Å². The summed E-state index contributed by atoms with van der Waals surface area (Å²) in [5.41, 5.74) is 6.95. The average Bonchev–Trinajstić information content (AvgIpc) is 2.63. The fourth-order valence-corrected chi connectivity index (χ4v) is 4.42. The van der Waals surface area contributed by atoms with Gasteiger partial charge in [0.05, 0.1) is 17.7 Å². The first-order chi connectivity index (χ1) is 13.3. The van der Waals surface area contributed by atoms with Crippen LogP contribution in [0.3, 0.4) is 0 Å². The molecule has 0 aliphatic carbocycles. The van der Waals surface area contributed by atoms with E-state index in [1.807, 2.05) is 36.4 Å². The molecule has 1 unspecified atom stereocenters. The number of hydrazone groups is 1. The van der Waals surface area contributed by atoms with Crippen molar-refractivity contribution in [1.29, 1.82) is 0 Å². The highest BCUT2D eigenvalue weighted by Gasteiger charge is 2.35. The van der Waals surface area contributed by atoms with E-state index in [0.717, 1.165) is 24.1 Å². The molecule has 4 nitrogen and oxygen atoms in total. The molecule has 0 saturated carbocycles. The fourth-order valence-electron chi connectivity index (χ4n) is 4.21. The van der Waals surface area contributed by atoms with E-state index >= 15 is 0 Å². The van der Waals surface area contributed by atoms with E-state index in [-0.39, 0.29) is 11.4 Å². The Balaban J connectivity index is 1.76. The molecule has 0 bridgehead atoms. The summed E-state index contributed by atoms with van der Waals surface area (Å²) < 4.78 is 0. The van der Waals surface area contributed by atoms with Gasteiger partial charge in [0.25, 0.3) is 0 Å². The van der Waals surface area contributed by atoms with Gasteiger partial charge < -0.3 is 4.90 Å². The minimum Gasteiger partial charge on any atom is -0.366 e. The third-order valence-corrected chi connectivity index (χ3v) is 5.75. The third kappa shape index (κ3) is 4.39. The summed E-state index contributed by atoms with van der Waals surface area (Å²) in [4.78, 5) is 14.5. The van der Waals surface area contributed by atoms with E-state index in [1.54, 1.807) is 6.21 Å². The van der Waals surface area contributed by atoms with Crippen molar-refractivity contribution < 1.29 is 4.79 Å². The van der Waals surface area contributed by atoms with Crippen LogP contribution in [0.5, 0.6) is 0 Å². The van der Waals surface area contributed by atoms with Gasteiger partial charge in [-0.3, -0.25) is 4.79 Å². The van der Waals surface area contributed by atoms with Gasteiger partial charge in [0.1, 0.15) is 0 Å². The predicted molar refractivity (Wildman–Crippen MR) is 117 cm³/mol. The van der Waals surface area contributed by atoms with Gasteiger partial charge in [-0.25, -0.2) is 5.43 Å². The van der Waals surface area contributed by atoms with Crippen molar-refractivity contribution in [3.05, 3.63) is 64.2 Å². The van der Waals surface area contributed by atoms with Crippen LogP contribution in [-0.2, 0) is 11.2 Å². The topological polar surface area (TPSA) is 44.7 Å². The smallest absolute Gasteiger partial charge is 0.244 e. The van der Waals surface area contributed by atoms with Crippen molar-refractivity contribution in [2.75, 3.05) is 11.4 Å². The maximum absolute atomic E-state index is 12.1. The first-order valence-corrected chi connectivity index (χ1v) is 10.2. The number of nitrogens with one attached hydrogen (secondary N) is 1. The number of amides is 1. The number of rotatable bonds is 5. The lowest BCUT2D eigenvalue weighted by molar-refractivity contribution is -0.120.